The Bertz CT molecular complexity index is 765. The lowest BCUT2D eigenvalue weighted by atomic mass is 9.94. The highest BCUT2D eigenvalue weighted by Crippen LogP contribution is 2.22. The molecule has 0 radical (unpaired) electrons. The maximum Gasteiger partial charge on any atom is 0.257 e. The number of carbonyl (C=O) groups excluding carboxylic acids is 3. The fourth-order valence-corrected chi connectivity index (χ4v) is 5.03. The average molecular weight is 431 g/mol. The highest BCUT2D eigenvalue weighted by atomic mass is 16.3. The molecule has 1 aromatic heterocycles. The normalized spacial score (nSPS) is 23.8. The molecule has 3 amide bonds. The highest BCUT2D eigenvalue weighted by Gasteiger charge is 2.33. The van der Waals surface area contributed by atoms with Gasteiger partial charge in [0.05, 0.1) is 18.4 Å². The van der Waals surface area contributed by atoms with E-state index in [0.717, 1.165) is 32.5 Å². The van der Waals surface area contributed by atoms with Crippen molar-refractivity contribution in [2.45, 2.75) is 45.1 Å². The second-order valence-corrected chi connectivity index (χ2v) is 9.11. The second-order valence-electron chi connectivity index (χ2n) is 9.11. The summed E-state index contributed by atoms with van der Waals surface area (Å²) in [5, 5.41) is 0. The summed E-state index contributed by atoms with van der Waals surface area (Å²) in [4.78, 5) is 46.1. The van der Waals surface area contributed by atoms with Crippen LogP contribution in [0.15, 0.2) is 23.0 Å². The van der Waals surface area contributed by atoms with Gasteiger partial charge in [0, 0.05) is 57.8 Å². The fourth-order valence-electron chi connectivity index (χ4n) is 5.03. The van der Waals surface area contributed by atoms with E-state index in [9.17, 15) is 14.4 Å². The van der Waals surface area contributed by atoms with E-state index >= 15 is 0 Å². The molecule has 0 N–H and O–H groups in total. The van der Waals surface area contributed by atoms with E-state index in [0.29, 0.717) is 57.2 Å². The van der Waals surface area contributed by atoms with Crippen molar-refractivity contribution in [1.82, 2.24) is 19.6 Å². The first kappa shape index (κ1) is 21.9. The van der Waals surface area contributed by atoms with Crippen LogP contribution in [0.1, 0.15) is 49.4 Å². The maximum absolute atomic E-state index is 13.0. The Kier molecular flexibility index (Phi) is 6.95. The van der Waals surface area contributed by atoms with Gasteiger partial charge in [-0.25, -0.2) is 0 Å². The van der Waals surface area contributed by atoms with Crippen LogP contribution in [0.5, 0.6) is 0 Å². The lowest BCUT2D eigenvalue weighted by Crippen LogP contribution is -2.54. The largest absolute Gasteiger partial charge is 0.472 e. The summed E-state index contributed by atoms with van der Waals surface area (Å²) in [6.07, 6.45) is 7.79. The highest BCUT2D eigenvalue weighted by molar-refractivity contribution is 5.94. The Labute approximate surface area is 184 Å². The SMILES string of the molecule is CC1CCCCN1C(=O)CN1CCN(C(=O)C2CCN(C(=O)c3ccoc3)CC2)CC1. The molecule has 31 heavy (non-hydrogen) atoms. The minimum atomic E-state index is -0.0269. The van der Waals surface area contributed by atoms with Gasteiger partial charge < -0.3 is 19.1 Å². The van der Waals surface area contributed by atoms with Gasteiger partial charge >= 0.3 is 0 Å². The van der Waals surface area contributed by atoms with Crippen molar-refractivity contribution in [3.05, 3.63) is 24.2 Å². The average Bonchev–Trinajstić information content (AvgIpc) is 3.34. The third kappa shape index (κ3) is 5.11. The summed E-state index contributed by atoms with van der Waals surface area (Å²) in [5.74, 6) is 0.379. The van der Waals surface area contributed by atoms with Crippen molar-refractivity contribution in [3.8, 4) is 0 Å². The molecule has 0 aliphatic carbocycles. The molecule has 8 heteroatoms. The molecule has 3 fully saturated rings. The van der Waals surface area contributed by atoms with Crippen molar-refractivity contribution in [3.63, 3.8) is 0 Å². The van der Waals surface area contributed by atoms with E-state index in [4.69, 9.17) is 4.42 Å². The van der Waals surface area contributed by atoms with Crippen LogP contribution >= 0.6 is 0 Å². The number of amides is 3. The molecule has 0 saturated carbocycles. The smallest absolute Gasteiger partial charge is 0.257 e. The van der Waals surface area contributed by atoms with Crippen molar-refractivity contribution in [2.24, 2.45) is 5.92 Å². The van der Waals surface area contributed by atoms with E-state index in [1.165, 1.54) is 18.9 Å². The Balaban J connectivity index is 1.20. The van der Waals surface area contributed by atoms with Crippen molar-refractivity contribution in [1.29, 1.82) is 0 Å². The van der Waals surface area contributed by atoms with Crippen LogP contribution in [0, 0.1) is 5.92 Å². The lowest BCUT2D eigenvalue weighted by Gasteiger charge is -2.39. The summed E-state index contributed by atoms with van der Waals surface area (Å²) < 4.78 is 5.00. The van der Waals surface area contributed by atoms with E-state index < -0.39 is 0 Å². The van der Waals surface area contributed by atoms with Gasteiger partial charge in [-0.15, -0.1) is 0 Å². The second kappa shape index (κ2) is 9.85. The molecule has 1 aromatic rings. The molecule has 0 spiro atoms. The lowest BCUT2D eigenvalue weighted by molar-refractivity contribution is -0.140. The number of piperidine rings is 2. The van der Waals surface area contributed by atoms with Gasteiger partial charge in [0.15, 0.2) is 0 Å². The Hall–Kier alpha value is -2.35. The molecule has 4 heterocycles. The number of hydrogen-bond acceptors (Lipinski definition) is 5. The molecular weight excluding hydrogens is 396 g/mol. The monoisotopic (exact) mass is 430 g/mol. The van der Waals surface area contributed by atoms with Crippen molar-refractivity contribution < 1.29 is 18.8 Å². The van der Waals surface area contributed by atoms with Crippen LogP contribution in [-0.4, -0.2) is 95.7 Å². The molecule has 1 atom stereocenters. The first-order valence-electron chi connectivity index (χ1n) is 11.6. The van der Waals surface area contributed by atoms with Gasteiger partial charge in [-0.3, -0.25) is 19.3 Å². The first-order valence-corrected chi connectivity index (χ1v) is 11.6. The third-order valence-electron chi connectivity index (χ3n) is 7.07. The zero-order chi connectivity index (χ0) is 21.8. The van der Waals surface area contributed by atoms with E-state index in [1.807, 2.05) is 9.80 Å². The molecule has 0 aromatic carbocycles. The number of carbonyl (C=O) groups is 3. The van der Waals surface area contributed by atoms with Crippen LogP contribution in [0.2, 0.25) is 0 Å². The number of piperazine rings is 1. The van der Waals surface area contributed by atoms with Crippen LogP contribution in [0.25, 0.3) is 0 Å². The summed E-state index contributed by atoms with van der Waals surface area (Å²) in [6.45, 7) is 7.52. The van der Waals surface area contributed by atoms with Gasteiger partial charge in [-0.2, -0.15) is 0 Å². The first-order chi connectivity index (χ1) is 15.0. The third-order valence-corrected chi connectivity index (χ3v) is 7.07. The number of rotatable bonds is 4. The Morgan fingerprint density at radius 3 is 2.32 bits per heavy atom. The molecule has 1 unspecified atom stereocenters. The molecule has 3 aliphatic rings. The number of hydrogen-bond donors (Lipinski definition) is 0. The predicted octanol–water partition coefficient (Wildman–Crippen LogP) is 1.68. The molecule has 4 rings (SSSR count). The van der Waals surface area contributed by atoms with Gasteiger partial charge in [-0.05, 0) is 45.1 Å². The standard InChI is InChI=1S/C23H34N4O4/c1-18-4-2-3-8-27(18)21(28)16-24-11-13-26(14-12-24)22(29)19-5-9-25(10-6-19)23(30)20-7-15-31-17-20/h7,15,17-19H,2-6,8-14,16H2,1H3. The zero-order valence-corrected chi connectivity index (χ0v) is 18.5. The summed E-state index contributed by atoms with van der Waals surface area (Å²) in [6, 6.07) is 2.02. The summed E-state index contributed by atoms with van der Waals surface area (Å²) in [5.41, 5.74) is 0.564. The summed E-state index contributed by atoms with van der Waals surface area (Å²) >= 11 is 0. The van der Waals surface area contributed by atoms with Crippen LogP contribution in [0.3, 0.4) is 0 Å². The molecule has 3 aliphatic heterocycles. The van der Waals surface area contributed by atoms with Crippen molar-refractivity contribution >= 4 is 17.7 Å². The van der Waals surface area contributed by atoms with Crippen LogP contribution in [0.4, 0.5) is 0 Å². The molecular formula is C23H34N4O4. The topological polar surface area (TPSA) is 77.3 Å². The van der Waals surface area contributed by atoms with Crippen molar-refractivity contribution in [2.75, 3.05) is 52.4 Å². The molecule has 170 valence electrons. The van der Waals surface area contributed by atoms with Gasteiger partial charge in [0.2, 0.25) is 11.8 Å². The minimum absolute atomic E-state index is 0.0178. The quantitative estimate of drug-likeness (QED) is 0.726. The molecule has 3 saturated heterocycles. The maximum atomic E-state index is 13.0. The van der Waals surface area contributed by atoms with E-state index in [2.05, 4.69) is 11.8 Å². The minimum Gasteiger partial charge on any atom is -0.472 e. The Morgan fingerprint density at radius 2 is 1.68 bits per heavy atom. The van der Waals surface area contributed by atoms with Gasteiger partial charge in [-0.1, -0.05) is 0 Å². The predicted molar refractivity (Wildman–Crippen MR) is 115 cm³/mol. The Morgan fingerprint density at radius 1 is 0.935 bits per heavy atom. The number of nitrogens with zero attached hydrogens (tertiary/aromatic N) is 4. The molecule has 0 bridgehead atoms. The molecule has 8 nitrogen and oxygen atoms in total. The number of furan rings is 1. The number of likely N-dealkylation sites (tertiary alicyclic amines) is 2. The summed E-state index contributed by atoms with van der Waals surface area (Å²) in [7, 11) is 0. The van der Waals surface area contributed by atoms with Crippen LogP contribution in [-0.2, 0) is 9.59 Å². The zero-order valence-electron chi connectivity index (χ0n) is 18.5. The van der Waals surface area contributed by atoms with E-state index in [1.54, 1.807) is 11.0 Å². The van der Waals surface area contributed by atoms with Gasteiger partial charge in [0.25, 0.3) is 5.91 Å². The van der Waals surface area contributed by atoms with Gasteiger partial charge in [0.1, 0.15) is 6.26 Å². The fraction of sp³-hybridized carbons (Fsp3) is 0.696. The van der Waals surface area contributed by atoms with E-state index in [-0.39, 0.29) is 23.6 Å². The van der Waals surface area contributed by atoms with Crippen LogP contribution < -0.4 is 0 Å².